The van der Waals surface area contributed by atoms with Gasteiger partial charge in [-0.3, -0.25) is 0 Å². The SMILES string of the molecule is C=CCN[Si](NCC=C)(C1CCCC2CCCCC21)C1CCCC2CCCCC21. The standard InChI is InChI=1S/C26H46N2Si/c1-3-19-27-29(28-20-4-2,25-17-9-13-21-11-5-7-15-23(21)25)26-18-10-14-22-12-6-8-16-24(22)26/h3-4,21-28H,1-2,5-20H2. The zero-order valence-corrected chi connectivity index (χ0v) is 19.8. The Balaban J connectivity index is 1.70. The molecule has 0 aromatic heterocycles. The van der Waals surface area contributed by atoms with Crippen LogP contribution < -0.4 is 9.96 Å². The first-order valence-electron chi connectivity index (χ1n) is 13.0. The van der Waals surface area contributed by atoms with E-state index in [2.05, 4.69) is 35.3 Å². The lowest BCUT2D eigenvalue weighted by Crippen LogP contribution is -2.72. The summed E-state index contributed by atoms with van der Waals surface area (Å²) in [7, 11) is -1.89. The van der Waals surface area contributed by atoms with Crippen molar-refractivity contribution >= 4 is 8.40 Å². The molecule has 0 aliphatic heterocycles. The predicted molar refractivity (Wildman–Crippen MR) is 128 cm³/mol. The fourth-order valence-electron chi connectivity index (χ4n) is 8.35. The van der Waals surface area contributed by atoms with Crippen LogP contribution in [0.3, 0.4) is 0 Å². The number of hydrogen-bond acceptors (Lipinski definition) is 2. The van der Waals surface area contributed by atoms with Gasteiger partial charge in [0.1, 0.15) is 0 Å². The maximum Gasteiger partial charge on any atom is 0.208 e. The fraction of sp³-hybridized carbons (Fsp3) is 0.846. The summed E-state index contributed by atoms with van der Waals surface area (Å²) in [6.07, 6.45) is 25.0. The molecule has 4 aliphatic carbocycles. The lowest BCUT2D eigenvalue weighted by molar-refractivity contribution is 0.144. The summed E-state index contributed by atoms with van der Waals surface area (Å²) in [5, 5.41) is 0. The van der Waals surface area contributed by atoms with Crippen molar-refractivity contribution in [3.63, 3.8) is 0 Å². The van der Waals surface area contributed by atoms with Crippen LogP contribution in [0.1, 0.15) is 89.9 Å². The molecule has 0 saturated heterocycles. The second-order valence-electron chi connectivity index (χ2n) is 10.7. The third-order valence-electron chi connectivity index (χ3n) is 9.40. The topological polar surface area (TPSA) is 24.1 Å². The zero-order chi connectivity index (χ0) is 20.1. The Morgan fingerprint density at radius 2 is 1.00 bits per heavy atom. The molecule has 0 heterocycles. The average Bonchev–Trinajstić information content (AvgIpc) is 2.79. The van der Waals surface area contributed by atoms with Crippen LogP contribution in [0.2, 0.25) is 11.1 Å². The van der Waals surface area contributed by atoms with E-state index in [-0.39, 0.29) is 0 Å². The van der Waals surface area contributed by atoms with Crippen LogP contribution in [-0.2, 0) is 0 Å². The smallest absolute Gasteiger partial charge is 0.208 e. The number of rotatable bonds is 8. The van der Waals surface area contributed by atoms with Crippen molar-refractivity contribution in [1.82, 2.24) is 9.96 Å². The van der Waals surface area contributed by atoms with Crippen molar-refractivity contribution in [2.45, 2.75) is 101 Å². The van der Waals surface area contributed by atoms with Gasteiger partial charge in [0.2, 0.25) is 8.40 Å². The second-order valence-corrected chi connectivity index (χ2v) is 14.6. The van der Waals surface area contributed by atoms with Gasteiger partial charge in [0.15, 0.2) is 0 Å². The molecule has 29 heavy (non-hydrogen) atoms. The highest BCUT2D eigenvalue weighted by Crippen LogP contribution is 2.57. The van der Waals surface area contributed by atoms with Gasteiger partial charge in [-0.1, -0.05) is 102 Å². The van der Waals surface area contributed by atoms with E-state index in [1.54, 1.807) is 0 Å². The van der Waals surface area contributed by atoms with E-state index in [0.29, 0.717) is 0 Å². The molecule has 0 aromatic carbocycles. The molecule has 0 bridgehead atoms. The zero-order valence-electron chi connectivity index (χ0n) is 18.8. The summed E-state index contributed by atoms with van der Waals surface area (Å²) in [6, 6.07) is 0. The second kappa shape index (κ2) is 10.3. The summed E-state index contributed by atoms with van der Waals surface area (Å²) >= 11 is 0. The summed E-state index contributed by atoms with van der Waals surface area (Å²) in [5.41, 5.74) is 1.82. The molecule has 0 amide bonds. The highest BCUT2D eigenvalue weighted by Gasteiger charge is 2.56. The van der Waals surface area contributed by atoms with Gasteiger partial charge in [0.05, 0.1) is 0 Å². The number of nitrogens with one attached hydrogen (secondary N) is 2. The number of hydrogen-bond donors (Lipinski definition) is 2. The Kier molecular flexibility index (Phi) is 7.74. The van der Waals surface area contributed by atoms with Crippen molar-refractivity contribution in [2.75, 3.05) is 13.1 Å². The first-order valence-corrected chi connectivity index (χ1v) is 15.2. The fourth-order valence-corrected chi connectivity index (χ4v) is 14.6. The van der Waals surface area contributed by atoms with Gasteiger partial charge in [-0.2, -0.15) is 0 Å². The van der Waals surface area contributed by atoms with Crippen molar-refractivity contribution in [1.29, 1.82) is 0 Å². The molecule has 6 unspecified atom stereocenters. The minimum atomic E-state index is -1.89. The molecular formula is C26H46N2Si. The monoisotopic (exact) mass is 414 g/mol. The van der Waals surface area contributed by atoms with Gasteiger partial charge >= 0.3 is 0 Å². The molecule has 0 radical (unpaired) electrons. The quantitative estimate of drug-likeness (QED) is 0.341. The van der Waals surface area contributed by atoms with Crippen molar-refractivity contribution < 1.29 is 0 Å². The minimum Gasteiger partial charge on any atom is -0.322 e. The Bertz CT molecular complexity index is 495. The summed E-state index contributed by atoms with van der Waals surface area (Å²) in [5.74, 6) is 3.97. The summed E-state index contributed by atoms with van der Waals surface area (Å²) in [6.45, 7) is 10.2. The lowest BCUT2D eigenvalue weighted by Gasteiger charge is -2.57. The first-order chi connectivity index (χ1) is 14.3. The molecule has 4 fully saturated rings. The van der Waals surface area contributed by atoms with Gasteiger partial charge < -0.3 is 9.96 Å². The molecule has 2 N–H and O–H groups in total. The third-order valence-corrected chi connectivity index (χ3v) is 14.7. The van der Waals surface area contributed by atoms with Crippen molar-refractivity contribution in [3.05, 3.63) is 25.3 Å². The highest BCUT2D eigenvalue weighted by molar-refractivity contribution is 6.78. The summed E-state index contributed by atoms with van der Waals surface area (Å²) in [4.78, 5) is 8.57. The van der Waals surface area contributed by atoms with Gasteiger partial charge in [-0.25, -0.2) is 0 Å². The molecule has 2 nitrogen and oxygen atoms in total. The Hall–Kier alpha value is -0.383. The number of fused-ring (bicyclic) bond motifs is 2. The third kappa shape index (κ3) is 4.48. The molecule has 6 atom stereocenters. The molecule has 0 spiro atoms. The lowest BCUT2D eigenvalue weighted by atomic mass is 9.70. The van der Waals surface area contributed by atoms with Crippen LogP contribution in [-0.4, -0.2) is 21.5 Å². The molecule has 4 aliphatic rings. The van der Waals surface area contributed by atoms with Crippen LogP contribution >= 0.6 is 0 Å². The first kappa shape index (κ1) is 21.8. The van der Waals surface area contributed by atoms with Crippen LogP contribution in [0, 0.1) is 23.7 Å². The Labute approximate surface area is 181 Å². The highest BCUT2D eigenvalue weighted by atomic mass is 28.3. The van der Waals surface area contributed by atoms with E-state index in [4.69, 9.17) is 0 Å². The van der Waals surface area contributed by atoms with Gasteiger partial charge in [0.25, 0.3) is 0 Å². The Morgan fingerprint density at radius 1 is 0.586 bits per heavy atom. The Morgan fingerprint density at radius 3 is 1.45 bits per heavy atom. The van der Waals surface area contributed by atoms with Crippen molar-refractivity contribution in [3.8, 4) is 0 Å². The van der Waals surface area contributed by atoms with E-state index in [1.165, 1.54) is 89.9 Å². The maximum atomic E-state index is 4.29. The van der Waals surface area contributed by atoms with E-state index in [0.717, 1.165) is 47.8 Å². The van der Waals surface area contributed by atoms with Gasteiger partial charge in [0, 0.05) is 13.1 Å². The largest absolute Gasteiger partial charge is 0.322 e. The van der Waals surface area contributed by atoms with E-state index >= 15 is 0 Å². The molecular weight excluding hydrogens is 368 g/mol. The normalized spacial score (nSPS) is 37.9. The average molecular weight is 415 g/mol. The molecule has 4 rings (SSSR count). The van der Waals surface area contributed by atoms with Gasteiger partial charge in [-0.05, 0) is 34.8 Å². The minimum absolute atomic E-state index is 0.909. The predicted octanol–water partition coefficient (Wildman–Crippen LogP) is 6.70. The molecule has 164 valence electrons. The molecule has 0 aromatic rings. The maximum absolute atomic E-state index is 4.29. The molecule has 3 heteroatoms. The van der Waals surface area contributed by atoms with E-state index in [9.17, 15) is 0 Å². The molecule has 4 saturated carbocycles. The van der Waals surface area contributed by atoms with Crippen LogP contribution in [0.4, 0.5) is 0 Å². The van der Waals surface area contributed by atoms with E-state index in [1.807, 2.05) is 0 Å². The van der Waals surface area contributed by atoms with Gasteiger partial charge in [-0.15, -0.1) is 13.2 Å². The van der Waals surface area contributed by atoms with E-state index < -0.39 is 8.40 Å². The van der Waals surface area contributed by atoms with Crippen molar-refractivity contribution in [2.24, 2.45) is 23.7 Å². The summed E-state index contributed by atoms with van der Waals surface area (Å²) < 4.78 is 0. The van der Waals surface area contributed by atoms with Crippen LogP contribution in [0.25, 0.3) is 0 Å². The van der Waals surface area contributed by atoms with Crippen LogP contribution in [0.15, 0.2) is 25.3 Å². The van der Waals surface area contributed by atoms with Crippen LogP contribution in [0.5, 0.6) is 0 Å².